The number of aromatic nitrogens is 3. The van der Waals surface area contributed by atoms with Crippen LogP contribution in [-0.2, 0) is 9.59 Å². The fourth-order valence-corrected chi connectivity index (χ4v) is 3.88. The maximum absolute atomic E-state index is 12.7. The highest BCUT2D eigenvalue weighted by Crippen LogP contribution is 2.36. The Morgan fingerprint density at radius 2 is 2.04 bits per heavy atom. The molecule has 1 saturated heterocycles. The van der Waals surface area contributed by atoms with Crippen molar-refractivity contribution in [2.75, 3.05) is 17.6 Å². The van der Waals surface area contributed by atoms with Crippen molar-refractivity contribution in [2.45, 2.75) is 44.6 Å². The first-order valence-corrected chi connectivity index (χ1v) is 8.84. The van der Waals surface area contributed by atoms with Crippen LogP contribution in [0.2, 0.25) is 0 Å². The standard InChI is InChI=1S/C17H22N6O2/c18-15-11-8-20-22-14(11)12(9-19-15)21-16(24)17(25)23-7-2-1-6-13(23)10-4-3-5-10/h8-10,13H,1-7H2,(H2,18,19)(H,20,22)(H,21,24). The first-order chi connectivity index (χ1) is 12.1. The Balaban J connectivity index is 1.52. The van der Waals surface area contributed by atoms with Crippen molar-refractivity contribution in [1.82, 2.24) is 20.1 Å². The number of aromatic amines is 1. The summed E-state index contributed by atoms with van der Waals surface area (Å²) in [5.74, 6) is -0.210. The zero-order valence-corrected chi connectivity index (χ0v) is 14.0. The number of carbonyl (C=O) groups excluding carboxylic acids is 2. The van der Waals surface area contributed by atoms with E-state index in [1.54, 1.807) is 11.1 Å². The van der Waals surface area contributed by atoms with Crippen LogP contribution in [0, 0.1) is 5.92 Å². The van der Waals surface area contributed by atoms with Crippen LogP contribution in [0.1, 0.15) is 38.5 Å². The first kappa shape index (κ1) is 15.9. The number of nitrogens with one attached hydrogen (secondary N) is 2. The van der Waals surface area contributed by atoms with Gasteiger partial charge in [-0.25, -0.2) is 4.98 Å². The minimum absolute atomic E-state index is 0.206. The number of hydrogen-bond acceptors (Lipinski definition) is 5. The number of amides is 2. The Labute approximate surface area is 145 Å². The van der Waals surface area contributed by atoms with Crippen molar-refractivity contribution >= 4 is 34.2 Å². The van der Waals surface area contributed by atoms with Gasteiger partial charge >= 0.3 is 11.8 Å². The van der Waals surface area contributed by atoms with Crippen LogP contribution in [0.25, 0.3) is 10.9 Å². The van der Waals surface area contributed by atoms with Crippen molar-refractivity contribution < 1.29 is 9.59 Å². The van der Waals surface area contributed by atoms with Crippen LogP contribution in [0.15, 0.2) is 12.4 Å². The zero-order valence-electron chi connectivity index (χ0n) is 14.0. The number of carbonyl (C=O) groups is 2. The number of anilines is 2. The molecule has 2 aromatic rings. The van der Waals surface area contributed by atoms with Crippen molar-refractivity contribution in [2.24, 2.45) is 5.92 Å². The molecule has 25 heavy (non-hydrogen) atoms. The van der Waals surface area contributed by atoms with Crippen LogP contribution in [0.3, 0.4) is 0 Å². The van der Waals surface area contributed by atoms with Gasteiger partial charge in [-0.3, -0.25) is 14.7 Å². The molecule has 2 amide bonds. The van der Waals surface area contributed by atoms with Gasteiger partial charge in [0.15, 0.2) is 0 Å². The smallest absolute Gasteiger partial charge is 0.314 e. The Kier molecular flexibility index (Phi) is 4.03. The van der Waals surface area contributed by atoms with E-state index in [4.69, 9.17) is 5.73 Å². The number of nitrogens with zero attached hydrogens (tertiary/aromatic N) is 3. The summed E-state index contributed by atoms with van der Waals surface area (Å²) in [6.07, 6.45) is 9.62. The minimum Gasteiger partial charge on any atom is -0.383 e. The average molecular weight is 342 g/mol. The molecule has 2 aliphatic rings. The van der Waals surface area contributed by atoms with E-state index in [-0.39, 0.29) is 6.04 Å². The van der Waals surface area contributed by atoms with Gasteiger partial charge in [-0.1, -0.05) is 6.42 Å². The monoisotopic (exact) mass is 342 g/mol. The summed E-state index contributed by atoms with van der Waals surface area (Å²) in [5.41, 5.74) is 6.78. The van der Waals surface area contributed by atoms with E-state index < -0.39 is 11.8 Å². The summed E-state index contributed by atoms with van der Waals surface area (Å²) in [4.78, 5) is 31.1. The highest BCUT2D eigenvalue weighted by Gasteiger charge is 2.37. The third-order valence-electron chi connectivity index (χ3n) is 5.46. The lowest BCUT2D eigenvalue weighted by molar-refractivity contribution is -0.147. The fraction of sp³-hybridized carbons (Fsp3) is 0.529. The molecule has 1 aliphatic heterocycles. The minimum atomic E-state index is -0.631. The van der Waals surface area contributed by atoms with E-state index >= 15 is 0 Å². The van der Waals surface area contributed by atoms with E-state index in [1.165, 1.54) is 12.6 Å². The predicted octanol–water partition coefficient (Wildman–Crippen LogP) is 1.66. The molecule has 1 unspecified atom stereocenters. The van der Waals surface area contributed by atoms with Gasteiger partial charge < -0.3 is 16.0 Å². The highest BCUT2D eigenvalue weighted by molar-refractivity contribution is 6.40. The largest absolute Gasteiger partial charge is 0.383 e. The first-order valence-electron chi connectivity index (χ1n) is 8.84. The van der Waals surface area contributed by atoms with Gasteiger partial charge in [-0.2, -0.15) is 5.10 Å². The Bertz CT molecular complexity index is 813. The van der Waals surface area contributed by atoms with Gasteiger partial charge in [0.1, 0.15) is 5.82 Å². The molecular formula is C17H22N6O2. The van der Waals surface area contributed by atoms with Crippen molar-refractivity contribution in [3.05, 3.63) is 12.4 Å². The van der Waals surface area contributed by atoms with Crippen molar-refractivity contribution in [3.63, 3.8) is 0 Å². The molecule has 4 N–H and O–H groups in total. The number of likely N-dealkylation sites (tertiary alicyclic amines) is 1. The molecule has 0 radical (unpaired) electrons. The summed E-state index contributed by atoms with van der Waals surface area (Å²) in [5, 5.41) is 10.0. The van der Waals surface area contributed by atoms with Crippen LogP contribution in [0.5, 0.6) is 0 Å². The molecule has 2 aromatic heterocycles. The normalized spacial score (nSPS) is 21.1. The molecule has 1 aliphatic carbocycles. The lowest BCUT2D eigenvalue weighted by Gasteiger charge is -2.43. The van der Waals surface area contributed by atoms with Crippen molar-refractivity contribution in [1.29, 1.82) is 0 Å². The van der Waals surface area contributed by atoms with Gasteiger partial charge in [0, 0.05) is 12.6 Å². The molecule has 3 heterocycles. The second-order valence-electron chi connectivity index (χ2n) is 6.92. The third kappa shape index (κ3) is 2.81. The average Bonchev–Trinajstić information content (AvgIpc) is 3.06. The molecule has 8 nitrogen and oxygen atoms in total. The zero-order chi connectivity index (χ0) is 17.4. The lowest BCUT2D eigenvalue weighted by Crippen LogP contribution is -2.52. The number of fused-ring (bicyclic) bond motifs is 1. The van der Waals surface area contributed by atoms with E-state index in [2.05, 4.69) is 20.5 Å². The van der Waals surface area contributed by atoms with Gasteiger partial charge in [0.25, 0.3) is 0 Å². The SMILES string of the molecule is Nc1ncc(NC(=O)C(=O)N2CCCCC2C2CCC2)c2[nH]ncc12. The molecule has 1 atom stereocenters. The number of piperidine rings is 1. The summed E-state index contributed by atoms with van der Waals surface area (Å²) in [7, 11) is 0. The van der Waals surface area contributed by atoms with E-state index in [1.807, 2.05) is 0 Å². The van der Waals surface area contributed by atoms with Gasteiger partial charge in [0.05, 0.1) is 29.0 Å². The Morgan fingerprint density at radius 1 is 1.20 bits per heavy atom. The fourth-order valence-electron chi connectivity index (χ4n) is 3.88. The number of hydrogen-bond donors (Lipinski definition) is 3. The maximum atomic E-state index is 12.7. The molecule has 8 heteroatoms. The molecule has 132 valence electrons. The van der Waals surface area contributed by atoms with Gasteiger partial charge in [-0.15, -0.1) is 0 Å². The molecule has 4 rings (SSSR count). The quantitative estimate of drug-likeness (QED) is 0.718. The molecule has 0 aromatic carbocycles. The van der Waals surface area contributed by atoms with E-state index in [0.717, 1.165) is 32.1 Å². The summed E-state index contributed by atoms with van der Waals surface area (Å²) in [6.45, 7) is 0.660. The summed E-state index contributed by atoms with van der Waals surface area (Å²) < 4.78 is 0. The molecular weight excluding hydrogens is 320 g/mol. The van der Waals surface area contributed by atoms with E-state index in [9.17, 15) is 9.59 Å². The highest BCUT2D eigenvalue weighted by atomic mass is 16.2. The topological polar surface area (TPSA) is 117 Å². The maximum Gasteiger partial charge on any atom is 0.314 e. The Morgan fingerprint density at radius 3 is 2.80 bits per heavy atom. The van der Waals surface area contributed by atoms with Crippen LogP contribution in [0.4, 0.5) is 11.5 Å². The molecule has 0 spiro atoms. The number of nitrogen functional groups attached to an aromatic ring is 1. The van der Waals surface area contributed by atoms with Crippen molar-refractivity contribution in [3.8, 4) is 0 Å². The number of nitrogens with two attached hydrogens (primary N) is 1. The molecule has 0 bridgehead atoms. The number of rotatable bonds is 2. The van der Waals surface area contributed by atoms with Gasteiger partial charge in [-0.05, 0) is 38.0 Å². The molecule has 1 saturated carbocycles. The number of pyridine rings is 1. The lowest BCUT2D eigenvalue weighted by atomic mass is 9.76. The third-order valence-corrected chi connectivity index (χ3v) is 5.46. The van der Waals surface area contributed by atoms with E-state index in [0.29, 0.717) is 34.9 Å². The second-order valence-corrected chi connectivity index (χ2v) is 6.92. The predicted molar refractivity (Wildman–Crippen MR) is 93.6 cm³/mol. The van der Waals surface area contributed by atoms with Crippen LogP contribution < -0.4 is 11.1 Å². The Hall–Kier alpha value is -2.64. The summed E-state index contributed by atoms with van der Waals surface area (Å²) >= 11 is 0. The van der Waals surface area contributed by atoms with Gasteiger partial charge in [0.2, 0.25) is 0 Å². The second kappa shape index (κ2) is 6.34. The van der Waals surface area contributed by atoms with Crippen LogP contribution >= 0.6 is 0 Å². The van der Waals surface area contributed by atoms with Crippen LogP contribution in [-0.4, -0.2) is 44.5 Å². The summed E-state index contributed by atoms with van der Waals surface area (Å²) in [6, 6.07) is 0.206. The molecule has 2 fully saturated rings. The number of H-pyrrole nitrogens is 1.